The lowest BCUT2D eigenvalue weighted by Crippen LogP contribution is -2.50. The molecule has 30 heavy (non-hydrogen) atoms. The number of likely N-dealkylation sites (tertiary alicyclic amines) is 1. The number of piperidine rings is 1. The van der Waals surface area contributed by atoms with Gasteiger partial charge >= 0.3 is 0 Å². The molecule has 0 saturated carbocycles. The van der Waals surface area contributed by atoms with E-state index in [-0.39, 0.29) is 17.2 Å². The molecule has 2 aliphatic rings. The zero-order valence-electron chi connectivity index (χ0n) is 18.2. The molecule has 2 atom stereocenters. The summed E-state index contributed by atoms with van der Waals surface area (Å²) >= 11 is 0. The van der Waals surface area contributed by atoms with Crippen LogP contribution in [0.1, 0.15) is 26.7 Å². The fourth-order valence-corrected chi connectivity index (χ4v) is 4.24. The number of aliphatic hydroxyl groups excluding tert-OH is 1. The van der Waals surface area contributed by atoms with E-state index in [2.05, 4.69) is 20.7 Å². The zero-order valence-corrected chi connectivity index (χ0v) is 18.2. The van der Waals surface area contributed by atoms with E-state index in [1.165, 1.54) is 0 Å². The zero-order chi connectivity index (χ0) is 21.6. The highest BCUT2D eigenvalue weighted by atomic mass is 16.5. The number of nitrogens with zero attached hydrogens (tertiary/aromatic N) is 5. The van der Waals surface area contributed by atoms with Crippen molar-refractivity contribution in [2.45, 2.75) is 33.0 Å². The minimum atomic E-state index is -0.783. The van der Waals surface area contributed by atoms with Crippen LogP contribution in [0, 0.1) is 11.3 Å². The SMILES string of the molecule is CCN1N=NN(CCN2CCC(COC)(C(C)C(=O)Nc3ccccc3)CC2)C1O. The predicted octanol–water partition coefficient (Wildman–Crippen LogP) is 2.19. The molecule has 2 unspecified atom stereocenters. The highest BCUT2D eigenvalue weighted by molar-refractivity contribution is 5.92. The van der Waals surface area contributed by atoms with Crippen LogP contribution in [0.2, 0.25) is 0 Å². The quantitative estimate of drug-likeness (QED) is 0.639. The van der Waals surface area contributed by atoms with Crippen molar-refractivity contribution < 1.29 is 14.6 Å². The highest BCUT2D eigenvalue weighted by Crippen LogP contribution is 2.40. The first-order chi connectivity index (χ1) is 14.5. The Kier molecular flexibility index (Phi) is 7.63. The summed E-state index contributed by atoms with van der Waals surface area (Å²) in [5, 5.41) is 24.4. The Balaban J connectivity index is 1.53. The molecule has 0 aliphatic carbocycles. The summed E-state index contributed by atoms with van der Waals surface area (Å²) in [6.45, 7) is 8.29. The highest BCUT2D eigenvalue weighted by Gasteiger charge is 2.42. The average Bonchev–Trinajstić information content (AvgIpc) is 3.13. The molecule has 1 saturated heterocycles. The monoisotopic (exact) mass is 418 g/mol. The van der Waals surface area contributed by atoms with Crippen LogP contribution in [0.3, 0.4) is 0 Å². The number of para-hydroxylation sites is 1. The second-order valence-electron chi connectivity index (χ2n) is 8.16. The summed E-state index contributed by atoms with van der Waals surface area (Å²) in [6.07, 6.45) is 0.985. The molecule has 1 fully saturated rings. The van der Waals surface area contributed by atoms with E-state index in [1.54, 1.807) is 17.1 Å². The lowest BCUT2D eigenvalue weighted by Gasteiger charge is -2.44. The topological polar surface area (TPSA) is 93.0 Å². The second kappa shape index (κ2) is 10.2. The van der Waals surface area contributed by atoms with E-state index in [9.17, 15) is 9.90 Å². The van der Waals surface area contributed by atoms with Gasteiger partial charge in [-0.15, -0.1) is 0 Å². The number of hydrogen-bond donors (Lipinski definition) is 2. The lowest BCUT2D eigenvalue weighted by molar-refractivity contribution is -0.127. The summed E-state index contributed by atoms with van der Waals surface area (Å²) in [6, 6.07) is 9.57. The van der Waals surface area contributed by atoms with Gasteiger partial charge in [0.2, 0.25) is 12.3 Å². The van der Waals surface area contributed by atoms with E-state index >= 15 is 0 Å². The van der Waals surface area contributed by atoms with Crippen molar-refractivity contribution in [2.24, 2.45) is 21.8 Å². The van der Waals surface area contributed by atoms with Gasteiger partial charge in [-0.1, -0.05) is 25.1 Å². The van der Waals surface area contributed by atoms with Crippen LogP contribution in [0.15, 0.2) is 40.8 Å². The maximum atomic E-state index is 12.9. The van der Waals surface area contributed by atoms with E-state index in [4.69, 9.17) is 4.74 Å². The van der Waals surface area contributed by atoms with Gasteiger partial charge in [0.1, 0.15) is 0 Å². The van der Waals surface area contributed by atoms with E-state index < -0.39 is 6.35 Å². The number of nitrogens with one attached hydrogen (secondary N) is 1. The van der Waals surface area contributed by atoms with Crippen LogP contribution in [-0.4, -0.2) is 78.7 Å². The molecule has 1 amide bonds. The molecule has 1 aromatic rings. The van der Waals surface area contributed by atoms with Crippen LogP contribution < -0.4 is 5.32 Å². The number of benzene rings is 1. The number of carbonyl (C=O) groups excluding carboxylic acids is 1. The molecule has 0 aromatic heterocycles. The van der Waals surface area contributed by atoms with Gasteiger partial charge in [-0.3, -0.25) is 4.79 Å². The number of carbonyl (C=O) groups is 1. The molecule has 9 heteroatoms. The summed E-state index contributed by atoms with van der Waals surface area (Å²) in [7, 11) is 1.70. The second-order valence-corrected chi connectivity index (χ2v) is 8.16. The number of rotatable bonds is 9. The molecule has 1 aromatic carbocycles. The molecule has 2 heterocycles. The van der Waals surface area contributed by atoms with Gasteiger partial charge in [0.05, 0.1) is 13.2 Å². The number of ether oxygens (including phenoxy) is 1. The Bertz CT molecular complexity index is 708. The van der Waals surface area contributed by atoms with Gasteiger partial charge in [-0.2, -0.15) is 0 Å². The van der Waals surface area contributed by atoms with Crippen LogP contribution in [-0.2, 0) is 9.53 Å². The molecule has 166 valence electrons. The van der Waals surface area contributed by atoms with E-state index in [0.29, 0.717) is 19.7 Å². The third-order valence-electron chi connectivity index (χ3n) is 6.41. The van der Waals surface area contributed by atoms with Crippen molar-refractivity contribution >= 4 is 11.6 Å². The summed E-state index contributed by atoms with van der Waals surface area (Å²) in [5.41, 5.74) is 0.634. The van der Waals surface area contributed by atoms with Crippen molar-refractivity contribution in [2.75, 3.05) is 51.8 Å². The molecular weight excluding hydrogens is 384 g/mol. The molecule has 0 radical (unpaired) electrons. The van der Waals surface area contributed by atoms with Gasteiger partial charge < -0.3 is 20.1 Å². The molecule has 2 aliphatic heterocycles. The van der Waals surface area contributed by atoms with Gasteiger partial charge in [0.25, 0.3) is 0 Å². The molecule has 2 N–H and O–H groups in total. The number of methoxy groups -OCH3 is 1. The first-order valence-corrected chi connectivity index (χ1v) is 10.7. The predicted molar refractivity (Wildman–Crippen MR) is 114 cm³/mol. The standard InChI is InChI=1S/C21H34N6O3/c1-4-26-20(29)27(24-23-26)15-14-25-12-10-21(11-13-25,16-30-3)17(2)19(28)22-18-8-6-5-7-9-18/h5-9,17,20,29H,4,10-16H2,1-3H3,(H,22,28). The lowest BCUT2D eigenvalue weighted by atomic mass is 9.69. The molecule has 9 nitrogen and oxygen atoms in total. The Labute approximate surface area is 178 Å². The fraction of sp³-hybridized carbons (Fsp3) is 0.667. The third-order valence-corrected chi connectivity index (χ3v) is 6.41. The number of hydrogen-bond acceptors (Lipinski definition) is 8. The summed E-state index contributed by atoms with van der Waals surface area (Å²) in [4.78, 5) is 15.3. The maximum absolute atomic E-state index is 12.9. The van der Waals surface area contributed by atoms with Crippen LogP contribution in [0.25, 0.3) is 0 Å². The normalized spacial score (nSPS) is 22.3. The number of anilines is 1. The number of amides is 1. The van der Waals surface area contributed by atoms with Gasteiger partial charge in [0.15, 0.2) is 0 Å². The first kappa shape index (κ1) is 22.5. The van der Waals surface area contributed by atoms with Gasteiger partial charge in [-0.05, 0) is 55.4 Å². The van der Waals surface area contributed by atoms with Crippen molar-refractivity contribution in [3.63, 3.8) is 0 Å². The van der Waals surface area contributed by atoms with Crippen molar-refractivity contribution in [3.05, 3.63) is 30.3 Å². The van der Waals surface area contributed by atoms with Crippen molar-refractivity contribution in [3.8, 4) is 0 Å². The Morgan fingerprint density at radius 2 is 1.90 bits per heavy atom. The minimum Gasteiger partial charge on any atom is -0.384 e. The van der Waals surface area contributed by atoms with Gasteiger partial charge in [-0.25, -0.2) is 10.0 Å². The van der Waals surface area contributed by atoms with Crippen molar-refractivity contribution in [1.29, 1.82) is 0 Å². The molecule has 3 rings (SSSR count). The average molecular weight is 419 g/mol. The maximum Gasteiger partial charge on any atom is 0.240 e. The van der Waals surface area contributed by atoms with Gasteiger partial charge in [0, 0.05) is 37.2 Å². The Hall–Kier alpha value is -2.23. The molecular formula is C21H34N6O3. The summed E-state index contributed by atoms with van der Waals surface area (Å²) < 4.78 is 5.55. The minimum absolute atomic E-state index is 0.0342. The largest absolute Gasteiger partial charge is 0.384 e. The van der Waals surface area contributed by atoms with E-state index in [0.717, 1.165) is 38.2 Å². The van der Waals surface area contributed by atoms with E-state index in [1.807, 2.05) is 44.2 Å². The van der Waals surface area contributed by atoms with Crippen LogP contribution >= 0.6 is 0 Å². The first-order valence-electron chi connectivity index (χ1n) is 10.7. The smallest absolute Gasteiger partial charge is 0.240 e. The Morgan fingerprint density at radius 1 is 1.23 bits per heavy atom. The van der Waals surface area contributed by atoms with Crippen LogP contribution in [0.5, 0.6) is 0 Å². The number of aliphatic hydroxyl groups is 1. The third kappa shape index (κ3) is 5.08. The Morgan fingerprint density at radius 3 is 2.50 bits per heavy atom. The molecule has 0 bridgehead atoms. The van der Waals surface area contributed by atoms with Crippen molar-refractivity contribution in [1.82, 2.24) is 14.9 Å². The molecule has 0 spiro atoms. The summed E-state index contributed by atoms with van der Waals surface area (Å²) in [5.74, 6) is -0.126. The van der Waals surface area contributed by atoms with Crippen LogP contribution in [0.4, 0.5) is 5.69 Å². The fourth-order valence-electron chi connectivity index (χ4n) is 4.24.